The van der Waals surface area contributed by atoms with Crippen LogP contribution in [-0.2, 0) is 6.54 Å². The lowest BCUT2D eigenvalue weighted by Crippen LogP contribution is -2.00. The van der Waals surface area contributed by atoms with Crippen molar-refractivity contribution in [2.45, 2.75) is 6.54 Å². The van der Waals surface area contributed by atoms with Gasteiger partial charge in [-0.3, -0.25) is 0 Å². The zero-order valence-corrected chi connectivity index (χ0v) is 9.65. The molecule has 1 heterocycles. The van der Waals surface area contributed by atoms with E-state index in [0.717, 1.165) is 0 Å². The van der Waals surface area contributed by atoms with Crippen molar-refractivity contribution in [3.8, 4) is 0 Å². The minimum atomic E-state index is -0.398. The van der Waals surface area contributed by atoms with Gasteiger partial charge in [0.1, 0.15) is 11.6 Å². The van der Waals surface area contributed by atoms with E-state index in [-0.39, 0.29) is 0 Å². The smallest absolute Gasteiger partial charge is 0.193 e. The van der Waals surface area contributed by atoms with Crippen LogP contribution in [0, 0.1) is 5.82 Å². The molecular formula is C11H8Cl2FNO. The van der Waals surface area contributed by atoms with Crippen molar-refractivity contribution >= 4 is 28.9 Å². The van der Waals surface area contributed by atoms with Gasteiger partial charge in [0.2, 0.25) is 0 Å². The van der Waals surface area contributed by atoms with Gasteiger partial charge in [0.25, 0.3) is 0 Å². The summed E-state index contributed by atoms with van der Waals surface area (Å²) >= 11 is 11.2. The average Bonchev–Trinajstić information content (AvgIpc) is 2.63. The van der Waals surface area contributed by atoms with Gasteiger partial charge in [-0.25, -0.2) is 4.39 Å². The largest absolute Gasteiger partial charge is 0.448 e. The molecule has 2 nitrogen and oxygen atoms in total. The first kappa shape index (κ1) is 11.3. The van der Waals surface area contributed by atoms with E-state index in [1.807, 2.05) is 0 Å². The maximum Gasteiger partial charge on any atom is 0.193 e. The molecule has 1 aromatic carbocycles. The highest BCUT2D eigenvalue weighted by Gasteiger charge is 2.04. The van der Waals surface area contributed by atoms with E-state index in [2.05, 4.69) is 5.32 Å². The minimum absolute atomic E-state index is 0.313. The van der Waals surface area contributed by atoms with E-state index in [9.17, 15) is 4.39 Å². The number of anilines is 1. The van der Waals surface area contributed by atoms with Crippen molar-refractivity contribution in [3.05, 3.63) is 52.2 Å². The molecule has 0 bridgehead atoms. The summed E-state index contributed by atoms with van der Waals surface area (Å²) in [6, 6.07) is 7.79. The fraction of sp³-hybridized carbons (Fsp3) is 0.0909. The molecule has 1 aromatic heterocycles. The third kappa shape index (κ3) is 2.68. The summed E-state index contributed by atoms with van der Waals surface area (Å²) in [6.07, 6.45) is 0. The lowest BCUT2D eigenvalue weighted by Gasteiger charge is -2.05. The molecule has 0 aliphatic rings. The molecule has 0 fully saturated rings. The quantitative estimate of drug-likeness (QED) is 0.888. The average molecular weight is 260 g/mol. The van der Waals surface area contributed by atoms with Gasteiger partial charge < -0.3 is 9.73 Å². The van der Waals surface area contributed by atoms with Crippen molar-refractivity contribution in [2.75, 3.05) is 5.32 Å². The highest BCUT2D eigenvalue weighted by atomic mass is 35.5. The molecule has 0 aliphatic heterocycles. The number of furan rings is 1. The van der Waals surface area contributed by atoms with Crippen LogP contribution in [0.15, 0.2) is 34.7 Å². The second kappa shape index (κ2) is 4.76. The SMILES string of the molecule is Fc1cc(Cl)ccc1NCc1ccc(Cl)o1. The first-order valence-corrected chi connectivity index (χ1v) is 5.34. The van der Waals surface area contributed by atoms with Gasteiger partial charge in [-0.1, -0.05) is 11.6 Å². The Morgan fingerprint density at radius 3 is 2.62 bits per heavy atom. The fourth-order valence-corrected chi connectivity index (χ4v) is 1.58. The predicted molar refractivity (Wildman–Crippen MR) is 62.5 cm³/mol. The Hall–Kier alpha value is -1.19. The van der Waals surface area contributed by atoms with Crippen LogP contribution in [0.4, 0.5) is 10.1 Å². The van der Waals surface area contributed by atoms with E-state index in [1.54, 1.807) is 24.3 Å². The van der Waals surface area contributed by atoms with E-state index in [0.29, 0.717) is 28.2 Å². The summed E-state index contributed by atoms with van der Waals surface area (Å²) in [5, 5.41) is 3.56. The first-order chi connectivity index (χ1) is 7.65. The Morgan fingerprint density at radius 1 is 1.19 bits per heavy atom. The molecule has 0 radical (unpaired) electrons. The molecule has 0 spiro atoms. The molecule has 1 N–H and O–H groups in total. The Bertz CT molecular complexity index is 498. The molecule has 16 heavy (non-hydrogen) atoms. The highest BCUT2D eigenvalue weighted by Crippen LogP contribution is 2.20. The second-order valence-corrected chi connectivity index (χ2v) is 3.99. The summed E-state index contributed by atoms with van der Waals surface area (Å²) in [5.74, 6) is 0.240. The summed E-state index contributed by atoms with van der Waals surface area (Å²) in [6.45, 7) is 0.366. The van der Waals surface area contributed by atoms with E-state index < -0.39 is 5.82 Å². The van der Waals surface area contributed by atoms with E-state index >= 15 is 0 Å². The highest BCUT2D eigenvalue weighted by molar-refractivity contribution is 6.30. The maximum atomic E-state index is 13.4. The summed E-state index contributed by atoms with van der Waals surface area (Å²) < 4.78 is 18.5. The maximum absolute atomic E-state index is 13.4. The van der Waals surface area contributed by atoms with Gasteiger partial charge in [-0.15, -0.1) is 0 Å². The number of rotatable bonds is 3. The zero-order chi connectivity index (χ0) is 11.5. The Balaban J connectivity index is 2.04. The van der Waals surface area contributed by atoms with Crippen LogP contribution in [0.3, 0.4) is 0 Å². The molecular weight excluding hydrogens is 252 g/mol. The van der Waals surface area contributed by atoms with Crippen LogP contribution in [0.2, 0.25) is 10.2 Å². The van der Waals surface area contributed by atoms with Crippen LogP contribution in [0.1, 0.15) is 5.76 Å². The van der Waals surface area contributed by atoms with Gasteiger partial charge in [0.05, 0.1) is 12.2 Å². The Morgan fingerprint density at radius 2 is 2.00 bits per heavy atom. The molecule has 2 aromatic rings. The van der Waals surface area contributed by atoms with Gasteiger partial charge in [-0.2, -0.15) is 0 Å². The number of halogens is 3. The van der Waals surface area contributed by atoms with Crippen LogP contribution in [0.25, 0.3) is 0 Å². The molecule has 0 atom stereocenters. The Kier molecular flexibility index (Phi) is 3.36. The standard InChI is InChI=1S/C11H8Cl2FNO/c12-7-1-3-10(9(14)5-7)15-6-8-2-4-11(13)16-8/h1-5,15H,6H2. The first-order valence-electron chi connectivity index (χ1n) is 4.58. The van der Waals surface area contributed by atoms with Crippen molar-refractivity contribution in [3.63, 3.8) is 0 Å². The van der Waals surface area contributed by atoms with Gasteiger partial charge in [-0.05, 0) is 41.9 Å². The number of benzene rings is 1. The van der Waals surface area contributed by atoms with Crippen LogP contribution in [-0.4, -0.2) is 0 Å². The van der Waals surface area contributed by atoms with Crippen LogP contribution < -0.4 is 5.32 Å². The lowest BCUT2D eigenvalue weighted by molar-refractivity contribution is 0.519. The molecule has 0 saturated heterocycles. The van der Waals surface area contributed by atoms with Crippen molar-refractivity contribution in [1.82, 2.24) is 0 Å². The molecule has 2 rings (SSSR count). The molecule has 0 amide bonds. The fourth-order valence-electron chi connectivity index (χ4n) is 1.26. The van der Waals surface area contributed by atoms with Crippen LogP contribution >= 0.6 is 23.2 Å². The molecule has 0 aliphatic carbocycles. The normalized spacial score (nSPS) is 10.4. The van der Waals surface area contributed by atoms with Gasteiger partial charge in [0, 0.05) is 5.02 Å². The minimum Gasteiger partial charge on any atom is -0.448 e. The Labute approximate surface area is 102 Å². The van der Waals surface area contributed by atoms with E-state index in [4.69, 9.17) is 27.6 Å². The monoisotopic (exact) mass is 259 g/mol. The molecule has 84 valence electrons. The third-order valence-electron chi connectivity index (χ3n) is 2.01. The molecule has 0 saturated carbocycles. The van der Waals surface area contributed by atoms with Gasteiger partial charge >= 0.3 is 0 Å². The van der Waals surface area contributed by atoms with Crippen molar-refractivity contribution in [2.24, 2.45) is 0 Å². The molecule has 5 heteroatoms. The number of hydrogen-bond donors (Lipinski definition) is 1. The summed E-state index contributed by atoms with van der Waals surface area (Å²) in [7, 11) is 0. The lowest BCUT2D eigenvalue weighted by atomic mass is 10.3. The topological polar surface area (TPSA) is 25.2 Å². The third-order valence-corrected chi connectivity index (χ3v) is 2.45. The zero-order valence-electron chi connectivity index (χ0n) is 8.14. The van der Waals surface area contributed by atoms with Gasteiger partial charge in [0.15, 0.2) is 5.22 Å². The van der Waals surface area contributed by atoms with Crippen molar-refractivity contribution in [1.29, 1.82) is 0 Å². The van der Waals surface area contributed by atoms with E-state index in [1.165, 1.54) is 6.07 Å². The molecule has 0 unspecified atom stereocenters. The van der Waals surface area contributed by atoms with Crippen molar-refractivity contribution < 1.29 is 8.81 Å². The number of hydrogen-bond acceptors (Lipinski definition) is 2. The summed E-state index contributed by atoms with van der Waals surface area (Å²) in [4.78, 5) is 0. The predicted octanol–water partition coefficient (Wildman–Crippen LogP) is 4.34. The summed E-state index contributed by atoms with van der Waals surface area (Å²) in [5.41, 5.74) is 0.372. The number of nitrogens with one attached hydrogen (secondary N) is 1. The second-order valence-electron chi connectivity index (χ2n) is 3.18. The van der Waals surface area contributed by atoms with Crippen LogP contribution in [0.5, 0.6) is 0 Å².